The molecule has 6 nitrogen and oxygen atoms in total. The van der Waals surface area contributed by atoms with Crippen LogP contribution >= 0.6 is 0 Å². The second-order valence-electron chi connectivity index (χ2n) is 8.36. The van der Waals surface area contributed by atoms with E-state index in [-0.39, 0.29) is 22.0 Å². The minimum Gasteiger partial charge on any atom is -0.369 e. The van der Waals surface area contributed by atoms with Crippen LogP contribution in [0.4, 0.5) is 4.39 Å². The van der Waals surface area contributed by atoms with E-state index in [1.54, 1.807) is 67.6 Å². The molecule has 0 spiro atoms. The molecular weight excluding hydrogens is 455 g/mol. The molecule has 1 aromatic heterocycles. The van der Waals surface area contributed by atoms with Gasteiger partial charge in [0.15, 0.2) is 16.1 Å². The number of nitrogens with zero attached hydrogens (tertiary/aromatic N) is 2. The van der Waals surface area contributed by atoms with Gasteiger partial charge in [-0.3, -0.25) is 4.79 Å². The first-order chi connectivity index (χ1) is 16.2. The molecule has 1 aliphatic heterocycles. The van der Waals surface area contributed by atoms with E-state index in [9.17, 15) is 22.7 Å². The number of hydrogen-bond donors (Lipinski definition) is 1. The number of carbonyl (C=O) groups is 1. The highest BCUT2D eigenvalue weighted by Gasteiger charge is 2.39. The van der Waals surface area contributed by atoms with E-state index in [4.69, 9.17) is 0 Å². The van der Waals surface area contributed by atoms with Gasteiger partial charge in [-0.15, -0.1) is 0 Å². The zero-order chi connectivity index (χ0) is 24.2. The van der Waals surface area contributed by atoms with Crippen molar-refractivity contribution in [2.24, 2.45) is 0 Å². The molecule has 0 saturated heterocycles. The molecule has 4 aromatic rings. The first-order valence-corrected chi connectivity index (χ1v) is 12.6. The molecule has 5 rings (SSSR count). The largest absolute Gasteiger partial charge is 0.369 e. The van der Waals surface area contributed by atoms with Gasteiger partial charge >= 0.3 is 0 Å². The quantitative estimate of drug-likeness (QED) is 0.463. The molecule has 1 amide bonds. The normalized spacial score (nSPS) is 16.6. The maximum atomic E-state index is 14.7. The van der Waals surface area contributed by atoms with Crippen molar-refractivity contribution in [1.82, 2.24) is 9.88 Å². The van der Waals surface area contributed by atoms with Gasteiger partial charge in [-0.2, -0.15) is 0 Å². The van der Waals surface area contributed by atoms with Gasteiger partial charge < -0.3 is 10.0 Å². The predicted molar refractivity (Wildman–Crippen MR) is 126 cm³/mol. The summed E-state index contributed by atoms with van der Waals surface area (Å²) in [5.41, 5.74) is 2.03. The second kappa shape index (κ2) is 8.00. The second-order valence-corrected chi connectivity index (χ2v) is 10.3. The molecule has 2 heterocycles. The number of aliphatic hydroxyl groups is 1. The third-order valence-corrected chi connectivity index (χ3v) is 7.36. The van der Waals surface area contributed by atoms with Crippen molar-refractivity contribution in [3.8, 4) is 11.3 Å². The Labute approximate surface area is 196 Å². The lowest BCUT2D eigenvalue weighted by Crippen LogP contribution is -2.31. The van der Waals surface area contributed by atoms with Gasteiger partial charge in [0.1, 0.15) is 11.3 Å². The number of halogens is 1. The highest BCUT2D eigenvalue weighted by atomic mass is 32.2. The van der Waals surface area contributed by atoms with Gasteiger partial charge in [-0.25, -0.2) is 17.8 Å². The highest BCUT2D eigenvalue weighted by molar-refractivity contribution is 7.90. The molecule has 2 unspecified atom stereocenters. The van der Waals surface area contributed by atoms with Crippen molar-refractivity contribution in [3.05, 3.63) is 95.3 Å². The Morgan fingerprint density at radius 1 is 1.00 bits per heavy atom. The fourth-order valence-corrected chi connectivity index (χ4v) is 5.44. The van der Waals surface area contributed by atoms with Crippen molar-refractivity contribution in [1.29, 1.82) is 0 Å². The van der Waals surface area contributed by atoms with Crippen LogP contribution in [0.3, 0.4) is 0 Å². The summed E-state index contributed by atoms with van der Waals surface area (Å²) in [6.45, 7) is 1.74. The third-order valence-electron chi connectivity index (χ3n) is 6.20. The van der Waals surface area contributed by atoms with Crippen molar-refractivity contribution in [2.45, 2.75) is 24.1 Å². The Balaban J connectivity index is 1.76. The zero-order valence-electron chi connectivity index (χ0n) is 18.4. The number of aliphatic hydroxyl groups excluding tert-OH is 1. The van der Waals surface area contributed by atoms with Crippen LogP contribution in [-0.4, -0.2) is 35.6 Å². The number of benzene rings is 3. The third kappa shape index (κ3) is 3.46. The predicted octanol–water partition coefficient (Wildman–Crippen LogP) is 4.65. The van der Waals surface area contributed by atoms with Gasteiger partial charge in [0.25, 0.3) is 5.91 Å². The van der Waals surface area contributed by atoms with Crippen LogP contribution in [-0.2, 0) is 9.84 Å². The lowest BCUT2D eigenvalue weighted by atomic mass is 9.97. The summed E-state index contributed by atoms with van der Waals surface area (Å²) in [5.74, 6) is -0.892. The summed E-state index contributed by atoms with van der Waals surface area (Å²) in [7, 11) is -3.64. The van der Waals surface area contributed by atoms with Crippen LogP contribution in [0.15, 0.2) is 77.7 Å². The van der Waals surface area contributed by atoms with Crippen molar-refractivity contribution in [3.63, 3.8) is 0 Å². The van der Waals surface area contributed by atoms with Crippen LogP contribution in [0.1, 0.15) is 40.7 Å². The Morgan fingerprint density at radius 2 is 1.68 bits per heavy atom. The van der Waals surface area contributed by atoms with Crippen molar-refractivity contribution in [2.75, 3.05) is 6.26 Å². The van der Waals surface area contributed by atoms with Gasteiger partial charge in [-0.1, -0.05) is 48.5 Å². The minimum atomic E-state index is -3.64. The van der Waals surface area contributed by atoms with E-state index in [0.717, 1.165) is 6.26 Å². The fraction of sp³-hybridized carbons (Fsp3) is 0.154. The van der Waals surface area contributed by atoms with Crippen molar-refractivity contribution >= 4 is 26.6 Å². The summed E-state index contributed by atoms with van der Waals surface area (Å²) < 4.78 is 39.8. The average Bonchev–Trinajstić information content (AvgIpc) is 3.08. The molecule has 1 aliphatic rings. The Bertz CT molecular complexity index is 1570. The number of carbonyl (C=O) groups excluding carboxylic acids is 1. The van der Waals surface area contributed by atoms with Gasteiger partial charge in [0.2, 0.25) is 0 Å². The van der Waals surface area contributed by atoms with E-state index in [1.165, 1.54) is 17.0 Å². The van der Waals surface area contributed by atoms with Crippen LogP contribution < -0.4 is 0 Å². The first-order valence-electron chi connectivity index (χ1n) is 10.7. The lowest BCUT2D eigenvalue weighted by molar-refractivity contribution is -0.000245. The smallest absolute Gasteiger partial charge is 0.257 e. The Hall–Kier alpha value is -3.62. The molecule has 1 N–H and O–H groups in total. The molecule has 2 atom stereocenters. The molecule has 0 fully saturated rings. The number of fused-ring (bicyclic) bond motifs is 2. The first kappa shape index (κ1) is 22.2. The average molecular weight is 477 g/mol. The molecule has 0 aliphatic carbocycles. The van der Waals surface area contributed by atoms with Gasteiger partial charge in [0, 0.05) is 33.9 Å². The zero-order valence-corrected chi connectivity index (χ0v) is 19.3. The van der Waals surface area contributed by atoms with E-state index >= 15 is 0 Å². The standard InChI is InChI=1S/C26H21FN2O4S/c1-15(29-25(30)17-9-3-4-10-18(17)26(29)31)20-14-16-8-7-12-21(27)23(16)28-24(20)19-11-5-6-13-22(19)34(2,32)33/h3-15,25,30H,1-2H3. The van der Waals surface area contributed by atoms with Crippen LogP contribution in [0, 0.1) is 5.82 Å². The molecule has 8 heteroatoms. The summed E-state index contributed by atoms with van der Waals surface area (Å²) in [6.07, 6.45) is -0.0825. The number of rotatable bonds is 4. The summed E-state index contributed by atoms with van der Waals surface area (Å²) in [4.78, 5) is 19.1. The lowest BCUT2D eigenvalue weighted by Gasteiger charge is -2.30. The van der Waals surface area contributed by atoms with Crippen molar-refractivity contribution < 1.29 is 22.7 Å². The van der Waals surface area contributed by atoms with Gasteiger partial charge in [0.05, 0.1) is 16.6 Å². The maximum Gasteiger partial charge on any atom is 0.257 e. The minimum absolute atomic E-state index is 0.0447. The maximum absolute atomic E-state index is 14.7. The SMILES string of the molecule is CC(c1cc2cccc(F)c2nc1-c1ccccc1S(C)(=O)=O)N1C(=O)c2ccccc2C1O. The van der Waals surface area contributed by atoms with E-state index < -0.39 is 27.9 Å². The highest BCUT2D eigenvalue weighted by Crippen LogP contribution is 2.42. The number of amides is 1. The molecule has 3 aromatic carbocycles. The van der Waals surface area contributed by atoms with Crippen LogP contribution in [0.2, 0.25) is 0 Å². The van der Waals surface area contributed by atoms with E-state index in [2.05, 4.69) is 4.98 Å². The molecule has 0 radical (unpaired) electrons. The Kier molecular flexibility index (Phi) is 5.22. The van der Waals surface area contributed by atoms with E-state index in [1.807, 2.05) is 0 Å². The monoisotopic (exact) mass is 476 g/mol. The summed E-state index contributed by atoms with van der Waals surface area (Å²) in [5, 5.41) is 11.5. The number of para-hydroxylation sites is 1. The summed E-state index contributed by atoms with van der Waals surface area (Å²) >= 11 is 0. The molecular formula is C26H21FN2O4S. The number of aromatic nitrogens is 1. The van der Waals surface area contributed by atoms with Crippen LogP contribution in [0.25, 0.3) is 22.2 Å². The topological polar surface area (TPSA) is 87.6 Å². The number of sulfone groups is 1. The number of pyridine rings is 1. The fourth-order valence-electron chi connectivity index (χ4n) is 4.55. The van der Waals surface area contributed by atoms with E-state index in [0.29, 0.717) is 27.6 Å². The van der Waals surface area contributed by atoms with Gasteiger partial charge in [-0.05, 0) is 31.2 Å². The summed E-state index contributed by atoms with van der Waals surface area (Å²) in [6, 6.07) is 18.7. The molecule has 34 heavy (non-hydrogen) atoms. The molecule has 0 saturated carbocycles. The molecule has 0 bridgehead atoms. The number of hydrogen-bond acceptors (Lipinski definition) is 5. The van der Waals surface area contributed by atoms with Crippen LogP contribution in [0.5, 0.6) is 0 Å². The Morgan fingerprint density at radius 3 is 2.38 bits per heavy atom. The molecule has 172 valence electrons.